The number of aliphatic hydroxyl groups excluding tert-OH is 2. The molecule has 0 spiro atoms. The van der Waals surface area contributed by atoms with Crippen molar-refractivity contribution in [1.29, 1.82) is 0 Å². The zero-order valence-electron chi connectivity index (χ0n) is 12.0. The Balaban J connectivity index is 2.13. The van der Waals surface area contributed by atoms with E-state index in [1.165, 1.54) is 6.33 Å². The van der Waals surface area contributed by atoms with Gasteiger partial charge in [0, 0.05) is 0 Å². The highest BCUT2D eigenvalue weighted by Crippen LogP contribution is 2.31. The zero-order chi connectivity index (χ0) is 15.1. The van der Waals surface area contributed by atoms with Crippen LogP contribution in [0.5, 0.6) is 0 Å². The largest absolute Gasteiger partial charge is 0.388 e. The van der Waals surface area contributed by atoms with Gasteiger partial charge >= 0.3 is 0 Å². The average Bonchev–Trinajstić information content (AvgIpc) is 2.96. The van der Waals surface area contributed by atoms with Crippen molar-refractivity contribution in [1.82, 2.24) is 19.5 Å². The first-order chi connectivity index (χ1) is 10.0. The van der Waals surface area contributed by atoms with E-state index >= 15 is 0 Å². The number of hydrogen-bond acceptors (Lipinski definition) is 6. The quantitative estimate of drug-likeness (QED) is 0.725. The Hall–Kier alpha value is -2.01. The van der Waals surface area contributed by atoms with Crippen LogP contribution in [0, 0.1) is 18.8 Å². The molecule has 1 aliphatic rings. The van der Waals surface area contributed by atoms with Crippen molar-refractivity contribution in [2.24, 2.45) is 0 Å². The van der Waals surface area contributed by atoms with Crippen molar-refractivity contribution < 1.29 is 14.9 Å². The Morgan fingerprint density at radius 3 is 2.67 bits per heavy atom. The third-order valence-corrected chi connectivity index (χ3v) is 3.58. The van der Waals surface area contributed by atoms with Gasteiger partial charge in [0.05, 0.1) is 18.1 Å². The monoisotopic (exact) mass is 288 g/mol. The maximum atomic E-state index is 10.1. The number of nitrogens with zero attached hydrogens (tertiary/aromatic N) is 4. The lowest BCUT2D eigenvalue weighted by Crippen LogP contribution is -2.30. The van der Waals surface area contributed by atoms with Gasteiger partial charge in [-0.15, -0.1) is 0 Å². The molecule has 4 atom stereocenters. The van der Waals surface area contributed by atoms with Crippen LogP contribution < -0.4 is 0 Å². The molecular formula is C14H16N4O3. The van der Waals surface area contributed by atoms with Crippen molar-refractivity contribution in [3.8, 4) is 11.8 Å². The number of hydrogen-bond donors (Lipinski definition) is 2. The Bertz CT molecular complexity index is 746. The van der Waals surface area contributed by atoms with E-state index in [9.17, 15) is 10.2 Å². The van der Waals surface area contributed by atoms with Crippen molar-refractivity contribution in [3.63, 3.8) is 0 Å². The van der Waals surface area contributed by atoms with Gasteiger partial charge in [-0.2, -0.15) is 0 Å². The summed E-state index contributed by atoms with van der Waals surface area (Å²) < 4.78 is 7.22. The van der Waals surface area contributed by atoms with Crippen molar-refractivity contribution in [2.75, 3.05) is 0 Å². The average molecular weight is 288 g/mol. The van der Waals surface area contributed by atoms with Crippen LogP contribution in [-0.4, -0.2) is 48.0 Å². The van der Waals surface area contributed by atoms with E-state index in [2.05, 4.69) is 26.8 Å². The highest BCUT2D eigenvalue weighted by molar-refractivity contribution is 5.73. The molecule has 2 aromatic heterocycles. The van der Waals surface area contributed by atoms with Gasteiger partial charge in [-0.05, 0) is 26.7 Å². The van der Waals surface area contributed by atoms with Crippen LogP contribution in [0.15, 0.2) is 6.33 Å². The van der Waals surface area contributed by atoms with E-state index < -0.39 is 24.5 Å². The SMILES string of the molecule is CC#Cc1nc(C)c2ncn([C@@H]3O[C@H](C)C(O)[C@@H]3O)c2n1. The van der Waals surface area contributed by atoms with Gasteiger partial charge in [0.2, 0.25) is 5.82 Å². The van der Waals surface area contributed by atoms with Gasteiger partial charge in [-0.25, -0.2) is 15.0 Å². The number of fused-ring (bicyclic) bond motifs is 1. The molecule has 0 bridgehead atoms. The molecule has 7 nitrogen and oxygen atoms in total. The second-order valence-corrected chi connectivity index (χ2v) is 5.04. The van der Waals surface area contributed by atoms with E-state index in [1.807, 2.05) is 6.92 Å². The molecule has 2 N–H and O–H groups in total. The van der Waals surface area contributed by atoms with E-state index in [1.54, 1.807) is 18.4 Å². The van der Waals surface area contributed by atoms with Crippen LogP contribution in [0.25, 0.3) is 11.2 Å². The van der Waals surface area contributed by atoms with Crippen LogP contribution in [0.2, 0.25) is 0 Å². The molecular weight excluding hydrogens is 272 g/mol. The number of aliphatic hydroxyl groups is 2. The van der Waals surface area contributed by atoms with Crippen LogP contribution in [-0.2, 0) is 4.74 Å². The van der Waals surface area contributed by atoms with Gasteiger partial charge in [0.25, 0.3) is 0 Å². The second kappa shape index (κ2) is 5.07. The summed E-state index contributed by atoms with van der Waals surface area (Å²) >= 11 is 0. The number of ether oxygens (including phenoxy) is 1. The minimum absolute atomic E-state index is 0.394. The van der Waals surface area contributed by atoms with Gasteiger partial charge in [0.1, 0.15) is 17.7 Å². The maximum Gasteiger partial charge on any atom is 0.207 e. The molecule has 0 radical (unpaired) electrons. The standard InChI is InChI=1S/C14H16N4O3/c1-4-5-9-16-7(2)10-13(17-9)18(6-15-10)14-12(20)11(19)8(3)21-14/h6,8,11-12,14,19-20H,1-3H3/t8-,11?,12+,14-/m1/s1. The van der Waals surface area contributed by atoms with Gasteiger partial charge in [-0.1, -0.05) is 5.92 Å². The van der Waals surface area contributed by atoms with Crippen LogP contribution in [0.3, 0.4) is 0 Å². The van der Waals surface area contributed by atoms with Crippen molar-refractivity contribution >= 4 is 11.2 Å². The first kappa shape index (κ1) is 13.9. The normalized spacial score (nSPS) is 28.6. The predicted molar refractivity (Wildman–Crippen MR) is 74.2 cm³/mol. The predicted octanol–water partition coefficient (Wildman–Crippen LogP) is 0.145. The second-order valence-electron chi connectivity index (χ2n) is 5.04. The van der Waals surface area contributed by atoms with E-state index in [4.69, 9.17) is 4.74 Å². The molecule has 110 valence electrons. The summed E-state index contributed by atoms with van der Waals surface area (Å²) in [5, 5.41) is 19.9. The molecule has 1 unspecified atom stereocenters. The Labute approximate surface area is 121 Å². The summed E-state index contributed by atoms with van der Waals surface area (Å²) in [5.74, 6) is 5.96. The molecule has 2 aromatic rings. The molecule has 0 amide bonds. The molecule has 1 aliphatic heterocycles. The number of aromatic nitrogens is 4. The summed E-state index contributed by atoms with van der Waals surface area (Å²) in [6.45, 7) is 5.24. The summed E-state index contributed by atoms with van der Waals surface area (Å²) in [7, 11) is 0. The molecule has 1 saturated heterocycles. The number of aryl methyl sites for hydroxylation is 1. The molecule has 3 heterocycles. The fourth-order valence-electron chi connectivity index (χ4n) is 2.47. The third-order valence-electron chi connectivity index (χ3n) is 3.58. The third kappa shape index (κ3) is 2.17. The van der Waals surface area contributed by atoms with Crippen LogP contribution >= 0.6 is 0 Å². The van der Waals surface area contributed by atoms with Crippen molar-refractivity contribution in [3.05, 3.63) is 17.8 Å². The number of rotatable bonds is 1. The first-order valence-electron chi connectivity index (χ1n) is 6.68. The molecule has 1 fully saturated rings. The highest BCUT2D eigenvalue weighted by Gasteiger charge is 2.42. The molecule has 0 aliphatic carbocycles. The smallest absolute Gasteiger partial charge is 0.207 e. The molecule has 3 rings (SSSR count). The minimum Gasteiger partial charge on any atom is -0.388 e. The number of imidazole rings is 1. The Morgan fingerprint density at radius 1 is 1.29 bits per heavy atom. The lowest BCUT2D eigenvalue weighted by atomic mass is 10.1. The van der Waals surface area contributed by atoms with Gasteiger partial charge in [0.15, 0.2) is 11.9 Å². The zero-order valence-corrected chi connectivity index (χ0v) is 12.0. The maximum absolute atomic E-state index is 10.1. The van der Waals surface area contributed by atoms with Crippen LogP contribution in [0.1, 0.15) is 31.6 Å². The summed E-state index contributed by atoms with van der Waals surface area (Å²) in [6, 6.07) is 0. The van der Waals surface area contributed by atoms with E-state index in [-0.39, 0.29) is 0 Å². The Morgan fingerprint density at radius 2 is 2.05 bits per heavy atom. The minimum atomic E-state index is -1.03. The molecule has 0 aromatic carbocycles. The topological polar surface area (TPSA) is 93.3 Å². The molecule has 21 heavy (non-hydrogen) atoms. The fourth-order valence-corrected chi connectivity index (χ4v) is 2.47. The lowest BCUT2D eigenvalue weighted by molar-refractivity contribution is -0.0299. The summed E-state index contributed by atoms with van der Waals surface area (Å²) in [6.07, 6.45) is -1.62. The fraction of sp³-hybridized carbons (Fsp3) is 0.500. The van der Waals surface area contributed by atoms with Crippen molar-refractivity contribution in [2.45, 2.75) is 45.3 Å². The summed E-state index contributed by atoms with van der Waals surface area (Å²) in [4.78, 5) is 12.9. The summed E-state index contributed by atoms with van der Waals surface area (Å²) in [5.41, 5.74) is 1.87. The molecule has 7 heteroatoms. The van der Waals surface area contributed by atoms with E-state index in [0.717, 1.165) is 0 Å². The van der Waals surface area contributed by atoms with Gasteiger partial charge in [-0.3, -0.25) is 4.57 Å². The molecule has 0 saturated carbocycles. The Kier molecular flexibility index (Phi) is 3.37. The van der Waals surface area contributed by atoms with Crippen LogP contribution in [0.4, 0.5) is 0 Å². The first-order valence-corrected chi connectivity index (χ1v) is 6.68. The van der Waals surface area contributed by atoms with E-state index in [0.29, 0.717) is 22.7 Å². The lowest BCUT2D eigenvalue weighted by Gasteiger charge is -2.16. The van der Waals surface area contributed by atoms with Gasteiger partial charge < -0.3 is 14.9 Å². The highest BCUT2D eigenvalue weighted by atomic mass is 16.6.